The molecule has 1 aliphatic heterocycles. The molecule has 43 heavy (non-hydrogen) atoms. The lowest BCUT2D eigenvalue weighted by Crippen LogP contribution is -2.49. The van der Waals surface area contributed by atoms with Crippen LogP contribution in [0.15, 0.2) is 75.2 Å². The predicted molar refractivity (Wildman–Crippen MR) is 171 cm³/mol. The number of hydrogen-bond donors (Lipinski definition) is 2. The van der Waals surface area contributed by atoms with E-state index in [0.717, 1.165) is 28.7 Å². The van der Waals surface area contributed by atoms with Gasteiger partial charge in [-0.1, -0.05) is 35.9 Å². The summed E-state index contributed by atoms with van der Waals surface area (Å²) in [5.74, 6) is -0.566. The Hall–Kier alpha value is -3.70. The molecule has 3 aromatic carbocycles. The largest absolute Gasteiger partial charge is 0.391 e. The molecule has 2 atom stereocenters. The fourth-order valence-corrected chi connectivity index (χ4v) is 5.56. The number of unbranched alkanes of at least 4 members (excludes halogenated alkanes) is 2. The molecule has 222 valence electrons. The SMILES string of the molecule is C[C@@H](O)[C@H](N)C(=O)N(CCCCCn1cnc2cc(Br)c(Cl)cc2c1=O)Cc1cccc(-c2ccc3c(c2)C=NC3=O)c1. The van der Waals surface area contributed by atoms with Gasteiger partial charge in [0.2, 0.25) is 5.91 Å². The number of aryl methyl sites for hydroxylation is 1. The van der Waals surface area contributed by atoms with Gasteiger partial charge >= 0.3 is 0 Å². The summed E-state index contributed by atoms with van der Waals surface area (Å²) < 4.78 is 2.26. The summed E-state index contributed by atoms with van der Waals surface area (Å²) in [6.07, 6.45) is 4.28. The summed E-state index contributed by atoms with van der Waals surface area (Å²) >= 11 is 9.54. The highest BCUT2D eigenvalue weighted by molar-refractivity contribution is 9.10. The molecule has 9 nitrogen and oxygen atoms in total. The monoisotopic (exact) mass is 663 g/mol. The van der Waals surface area contributed by atoms with Gasteiger partial charge in [0.1, 0.15) is 6.04 Å². The molecule has 11 heteroatoms. The van der Waals surface area contributed by atoms with Crippen LogP contribution in [-0.4, -0.2) is 56.3 Å². The van der Waals surface area contributed by atoms with Crippen molar-refractivity contribution in [1.82, 2.24) is 14.5 Å². The Morgan fingerprint density at radius 2 is 1.88 bits per heavy atom. The summed E-state index contributed by atoms with van der Waals surface area (Å²) in [4.78, 5) is 47.9. The molecule has 4 aromatic rings. The van der Waals surface area contributed by atoms with Crippen molar-refractivity contribution >= 4 is 56.5 Å². The van der Waals surface area contributed by atoms with E-state index in [1.54, 1.807) is 40.2 Å². The van der Waals surface area contributed by atoms with Crippen LogP contribution in [0.4, 0.5) is 0 Å². The third kappa shape index (κ3) is 6.94. The normalized spacial score (nSPS) is 13.7. The van der Waals surface area contributed by atoms with Crippen LogP contribution in [0.5, 0.6) is 0 Å². The molecule has 0 unspecified atom stereocenters. The predicted octanol–water partition coefficient (Wildman–Crippen LogP) is 4.96. The van der Waals surface area contributed by atoms with Crippen LogP contribution in [0.25, 0.3) is 22.0 Å². The second-order valence-corrected chi connectivity index (χ2v) is 11.9. The van der Waals surface area contributed by atoms with Crippen molar-refractivity contribution in [2.75, 3.05) is 6.54 Å². The van der Waals surface area contributed by atoms with Crippen LogP contribution in [0, 0.1) is 0 Å². The van der Waals surface area contributed by atoms with Crippen LogP contribution in [0.1, 0.15) is 47.7 Å². The Bertz CT molecular complexity index is 1790. The van der Waals surface area contributed by atoms with Crippen LogP contribution < -0.4 is 11.3 Å². The number of hydrogen-bond acceptors (Lipinski definition) is 6. The number of rotatable bonds is 11. The molecule has 1 aromatic heterocycles. The first-order valence-electron chi connectivity index (χ1n) is 14.0. The van der Waals surface area contributed by atoms with Crippen molar-refractivity contribution in [3.63, 3.8) is 0 Å². The van der Waals surface area contributed by atoms with E-state index >= 15 is 0 Å². The number of aromatic nitrogens is 2. The zero-order valence-electron chi connectivity index (χ0n) is 23.5. The number of aliphatic hydroxyl groups excluding tert-OH is 1. The quantitative estimate of drug-likeness (QED) is 0.218. The highest BCUT2D eigenvalue weighted by atomic mass is 79.9. The van der Waals surface area contributed by atoms with Crippen molar-refractivity contribution in [2.45, 2.75) is 51.4 Å². The number of nitrogens with two attached hydrogens (primary N) is 1. The molecule has 0 spiro atoms. The minimum absolute atomic E-state index is 0.152. The van der Waals surface area contributed by atoms with Gasteiger partial charge in [0.15, 0.2) is 0 Å². The average Bonchev–Trinajstić information content (AvgIpc) is 3.37. The van der Waals surface area contributed by atoms with Crippen molar-refractivity contribution in [3.05, 3.63) is 97.5 Å². The van der Waals surface area contributed by atoms with Gasteiger partial charge in [-0.3, -0.25) is 19.0 Å². The van der Waals surface area contributed by atoms with E-state index in [-0.39, 0.29) is 17.4 Å². The van der Waals surface area contributed by atoms with Gasteiger partial charge in [-0.25, -0.2) is 9.98 Å². The number of benzene rings is 3. The fourth-order valence-electron chi connectivity index (χ4n) is 5.07. The molecule has 2 amide bonds. The van der Waals surface area contributed by atoms with Crippen molar-refractivity contribution in [1.29, 1.82) is 0 Å². The summed E-state index contributed by atoms with van der Waals surface area (Å²) in [7, 11) is 0. The van der Waals surface area contributed by atoms with Gasteiger partial charge < -0.3 is 15.7 Å². The Morgan fingerprint density at radius 3 is 2.67 bits per heavy atom. The van der Waals surface area contributed by atoms with Gasteiger partial charge in [-0.2, -0.15) is 0 Å². The van der Waals surface area contributed by atoms with Crippen LogP contribution >= 0.6 is 27.5 Å². The lowest BCUT2D eigenvalue weighted by Gasteiger charge is -2.27. The first-order valence-corrected chi connectivity index (χ1v) is 15.2. The molecular weight excluding hydrogens is 634 g/mol. The van der Waals surface area contributed by atoms with Gasteiger partial charge in [-0.05, 0) is 89.1 Å². The van der Waals surface area contributed by atoms with Gasteiger partial charge in [0, 0.05) is 35.9 Å². The average molecular weight is 665 g/mol. The van der Waals surface area contributed by atoms with E-state index in [2.05, 4.69) is 25.9 Å². The zero-order chi connectivity index (χ0) is 30.7. The summed E-state index contributed by atoms with van der Waals surface area (Å²) in [6.45, 7) is 2.75. The summed E-state index contributed by atoms with van der Waals surface area (Å²) in [5, 5.41) is 10.9. The molecule has 0 saturated heterocycles. The Balaban J connectivity index is 1.24. The summed E-state index contributed by atoms with van der Waals surface area (Å²) in [6, 6.07) is 15.8. The molecule has 0 fully saturated rings. The van der Waals surface area contributed by atoms with E-state index in [4.69, 9.17) is 17.3 Å². The maximum atomic E-state index is 13.2. The van der Waals surface area contributed by atoms with Crippen LogP contribution in [0.2, 0.25) is 5.02 Å². The number of carbonyl (C=O) groups excluding carboxylic acids is 2. The second kappa shape index (κ2) is 13.3. The van der Waals surface area contributed by atoms with E-state index in [0.29, 0.717) is 58.4 Å². The topological polar surface area (TPSA) is 131 Å². The fraction of sp³-hybridized carbons (Fsp3) is 0.281. The molecular formula is C32H31BrClN5O4. The number of halogens is 2. The molecule has 0 aliphatic carbocycles. The van der Waals surface area contributed by atoms with E-state index in [9.17, 15) is 19.5 Å². The number of carbonyl (C=O) groups is 2. The Morgan fingerprint density at radius 1 is 1.09 bits per heavy atom. The first-order chi connectivity index (χ1) is 20.6. The lowest BCUT2D eigenvalue weighted by molar-refractivity contribution is -0.135. The number of fused-ring (bicyclic) bond motifs is 2. The number of aliphatic imine (C=N–C) groups is 1. The zero-order valence-corrected chi connectivity index (χ0v) is 25.9. The van der Waals surface area contributed by atoms with Crippen molar-refractivity contribution in [2.24, 2.45) is 10.7 Å². The van der Waals surface area contributed by atoms with Crippen molar-refractivity contribution < 1.29 is 14.7 Å². The number of nitrogens with zero attached hydrogens (tertiary/aromatic N) is 4. The van der Waals surface area contributed by atoms with Gasteiger partial charge in [0.25, 0.3) is 11.5 Å². The van der Waals surface area contributed by atoms with E-state index in [1.807, 2.05) is 36.4 Å². The van der Waals surface area contributed by atoms with Gasteiger partial charge in [0.05, 0.1) is 33.9 Å². The van der Waals surface area contributed by atoms with Crippen LogP contribution in [-0.2, 0) is 17.9 Å². The molecule has 0 radical (unpaired) electrons. The van der Waals surface area contributed by atoms with E-state index < -0.39 is 12.1 Å². The second-order valence-electron chi connectivity index (χ2n) is 10.7. The molecule has 5 rings (SSSR count). The molecule has 1 aliphatic rings. The number of aliphatic hydroxyl groups is 1. The van der Waals surface area contributed by atoms with Gasteiger partial charge in [-0.15, -0.1) is 0 Å². The van der Waals surface area contributed by atoms with E-state index in [1.165, 1.54) is 6.92 Å². The maximum Gasteiger partial charge on any atom is 0.277 e. The third-order valence-corrected chi connectivity index (χ3v) is 8.74. The smallest absolute Gasteiger partial charge is 0.277 e. The lowest BCUT2D eigenvalue weighted by atomic mass is 9.98. The molecule has 0 bridgehead atoms. The standard InChI is InChI=1S/C32H31BrClN5O4/c1-19(40)29(35)32(43)38(10-3-2-4-11-39-18-37-28-15-26(33)27(34)14-25(28)31(39)42)17-20-6-5-7-21(12-20)22-8-9-24-23(13-22)16-36-30(24)41/h5-9,12-16,18-19,29,40H,2-4,10-11,17,35H2,1H3/t19-,29+/m1/s1. The molecule has 3 N–H and O–H groups in total. The third-order valence-electron chi connectivity index (χ3n) is 7.55. The maximum absolute atomic E-state index is 13.2. The Kier molecular flexibility index (Phi) is 9.51. The molecule has 2 heterocycles. The Labute approximate surface area is 262 Å². The summed E-state index contributed by atoms with van der Waals surface area (Å²) in [5.41, 5.74) is 10.6. The first kappa shape index (κ1) is 30.7. The molecule has 0 saturated carbocycles. The minimum Gasteiger partial charge on any atom is -0.391 e. The minimum atomic E-state index is -1.04. The van der Waals surface area contributed by atoms with Crippen LogP contribution in [0.3, 0.4) is 0 Å². The highest BCUT2D eigenvalue weighted by Gasteiger charge is 2.25. The highest BCUT2D eigenvalue weighted by Crippen LogP contribution is 2.27. The number of amides is 2. The van der Waals surface area contributed by atoms with Crippen molar-refractivity contribution in [3.8, 4) is 11.1 Å².